The van der Waals surface area contributed by atoms with Crippen LogP contribution < -0.4 is 10.6 Å². The summed E-state index contributed by atoms with van der Waals surface area (Å²) in [6.07, 6.45) is 8.12. The van der Waals surface area contributed by atoms with Gasteiger partial charge in [-0.3, -0.25) is 10.1 Å². The molecule has 194 valence electrons. The Morgan fingerprint density at radius 2 is 2.00 bits per heavy atom. The van der Waals surface area contributed by atoms with E-state index in [0.717, 1.165) is 42.7 Å². The van der Waals surface area contributed by atoms with Gasteiger partial charge in [-0.25, -0.2) is 9.78 Å². The maximum Gasteiger partial charge on any atom is 0.413 e. The van der Waals surface area contributed by atoms with Crippen molar-refractivity contribution < 1.29 is 24.5 Å². The maximum absolute atomic E-state index is 13.3. The molecule has 8 nitrogen and oxygen atoms in total. The van der Waals surface area contributed by atoms with E-state index in [1.807, 2.05) is 6.92 Å². The molecule has 0 bridgehead atoms. The van der Waals surface area contributed by atoms with Crippen LogP contribution in [0.2, 0.25) is 0 Å². The fourth-order valence-corrected chi connectivity index (χ4v) is 7.73. The van der Waals surface area contributed by atoms with Gasteiger partial charge in [0.1, 0.15) is 6.61 Å². The van der Waals surface area contributed by atoms with E-state index in [1.54, 1.807) is 0 Å². The van der Waals surface area contributed by atoms with Crippen LogP contribution in [0.15, 0.2) is 12.7 Å². The van der Waals surface area contributed by atoms with Crippen molar-refractivity contribution >= 4 is 28.5 Å². The van der Waals surface area contributed by atoms with Gasteiger partial charge in [0.15, 0.2) is 5.13 Å². The van der Waals surface area contributed by atoms with Gasteiger partial charge in [-0.15, -0.1) is 11.3 Å². The van der Waals surface area contributed by atoms with Crippen LogP contribution in [-0.4, -0.2) is 52.6 Å². The van der Waals surface area contributed by atoms with Gasteiger partial charge in [0.2, 0.25) is 5.91 Å². The van der Waals surface area contributed by atoms with E-state index < -0.39 is 17.6 Å². The number of nitrogens with one attached hydrogen (secondary N) is 2. The molecule has 4 rings (SSSR count). The van der Waals surface area contributed by atoms with E-state index >= 15 is 0 Å². The molecule has 3 aliphatic rings. The summed E-state index contributed by atoms with van der Waals surface area (Å²) in [4.78, 5) is 31.2. The van der Waals surface area contributed by atoms with E-state index in [0.29, 0.717) is 24.4 Å². The lowest BCUT2D eigenvalue weighted by molar-refractivity contribution is -0.144. The average Bonchev–Trinajstić information content (AvgIpc) is 3.24. The minimum absolute atomic E-state index is 0.0234. The number of anilines is 1. The van der Waals surface area contributed by atoms with Gasteiger partial charge in [0.25, 0.3) is 0 Å². The summed E-state index contributed by atoms with van der Waals surface area (Å²) >= 11 is 1.39. The van der Waals surface area contributed by atoms with Gasteiger partial charge in [-0.2, -0.15) is 0 Å². The highest BCUT2D eigenvalue weighted by Crippen LogP contribution is 2.62. The van der Waals surface area contributed by atoms with Gasteiger partial charge in [0, 0.05) is 28.7 Å². The van der Waals surface area contributed by atoms with Gasteiger partial charge in [-0.05, 0) is 43.4 Å². The van der Waals surface area contributed by atoms with Crippen molar-refractivity contribution in [3.05, 3.63) is 23.2 Å². The Morgan fingerprint density at radius 3 is 2.69 bits per heavy atom. The monoisotopic (exact) mass is 505 g/mol. The van der Waals surface area contributed by atoms with E-state index in [-0.39, 0.29) is 42.4 Å². The Balaban J connectivity index is 1.64. The first-order valence-electron chi connectivity index (χ1n) is 12.8. The summed E-state index contributed by atoms with van der Waals surface area (Å²) in [5.74, 6) is -0.168. The van der Waals surface area contributed by atoms with E-state index in [4.69, 9.17) is 9.72 Å². The second-order valence-electron chi connectivity index (χ2n) is 11.0. The molecule has 0 aliphatic heterocycles. The van der Waals surface area contributed by atoms with E-state index in [1.165, 1.54) is 23.8 Å². The molecular weight excluding hydrogens is 466 g/mol. The number of nitrogens with zero attached hydrogens (tertiary/aromatic N) is 1. The third-order valence-corrected chi connectivity index (χ3v) is 9.80. The minimum Gasteiger partial charge on any atom is -0.445 e. The van der Waals surface area contributed by atoms with Crippen LogP contribution in [0.25, 0.3) is 0 Å². The number of aliphatic hydroxyl groups is 2. The number of carbonyl (C=O) groups excluding carboxylic acids is 2. The van der Waals surface area contributed by atoms with Gasteiger partial charge >= 0.3 is 6.09 Å². The molecule has 0 saturated heterocycles. The molecule has 2 amide bonds. The smallest absolute Gasteiger partial charge is 0.413 e. The van der Waals surface area contributed by atoms with Crippen molar-refractivity contribution in [2.75, 3.05) is 18.5 Å². The molecule has 0 aromatic carbocycles. The lowest BCUT2D eigenvalue weighted by atomic mass is 9.47. The molecule has 2 saturated carbocycles. The van der Waals surface area contributed by atoms with Crippen molar-refractivity contribution in [2.45, 2.75) is 89.7 Å². The number of rotatable bonds is 7. The number of hydrogen-bond donors (Lipinski definition) is 4. The Morgan fingerprint density at radius 1 is 1.26 bits per heavy atom. The molecule has 4 N–H and O–H groups in total. The molecule has 2 fully saturated rings. The normalized spacial score (nSPS) is 32.7. The largest absolute Gasteiger partial charge is 0.445 e. The standard InChI is InChI=1S/C26H39N3O5S/c1-4-12-34-24(33)29-23-28-22-17(13-21(32)27-16-8-6-5-7-9-16)25(2)11-10-20(31)26(3,15-30)19(25)14-18(22)35-23/h4,16-17,19-20,30-31H,1,5-15H2,2-3H3,(H,27,32)(H,28,29,33). The zero-order valence-corrected chi connectivity index (χ0v) is 21.7. The number of hydrogen-bond acceptors (Lipinski definition) is 7. The summed E-state index contributed by atoms with van der Waals surface area (Å²) < 4.78 is 5.05. The number of thiazole rings is 1. The minimum atomic E-state index is -0.677. The Bertz CT molecular complexity index is 945. The highest BCUT2D eigenvalue weighted by atomic mass is 32.1. The molecule has 0 spiro atoms. The van der Waals surface area contributed by atoms with Crippen molar-refractivity contribution in [1.82, 2.24) is 10.3 Å². The molecule has 1 aromatic rings. The summed E-state index contributed by atoms with van der Waals surface area (Å²) in [7, 11) is 0. The first-order chi connectivity index (χ1) is 16.7. The molecule has 35 heavy (non-hydrogen) atoms. The van der Waals surface area contributed by atoms with Crippen molar-refractivity contribution in [3.8, 4) is 0 Å². The SMILES string of the molecule is C=CCOC(=O)Nc1nc2c(s1)CC1C(C)(CO)C(O)CCC1(C)C2CC(=O)NC1CCCCC1. The zero-order chi connectivity index (χ0) is 25.2. The summed E-state index contributed by atoms with van der Waals surface area (Å²) in [5, 5.41) is 27.7. The Kier molecular flexibility index (Phi) is 7.88. The Hall–Kier alpha value is -1.97. The summed E-state index contributed by atoms with van der Waals surface area (Å²) in [6, 6.07) is 0.228. The van der Waals surface area contributed by atoms with E-state index in [2.05, 4.69) is 24.1 Å². The van der Waals surface area contributed by atoms with Crippen LogP contribution in [0.5, 0.6) is 0 Å². The number of ether oxygens (including phenoxy) is 1. The first kappa shape index (κ1) is 26.1. The molecular formula is C26H39N3O5S. The number of carbonyl (C=O) groups is 2. The van der Waals surface area contributed by atoms with Gasteiger partial charge < -0.3 is 20.3 Å². The van der Waals surface area contributed by atoms with Crippen molar-refractivity contribution in [3.63, 3.8) is 0 Å². The topological polar surface area (TPSA) is 121 Å². The second-order valence-corrected chi connectivity index (χ2v) is 12.1. The van der Waals surface area contributed by atoms with Crippen LogP contribution in [0.3, 0.4) is 0 Å². The molecule has 5 unspecified atom stereocenters. The second kappa shape index (κ2) is 10.6. The third kappa shape index (κ3) is 5.13. The van der Waals surface area contributed by atoms with Crippen molar-refractivity contribution in [2.24, 2.45) is 16.7 Å². The number of aromatic nitrogens is 1. The summed E-state index contributed by atoms with van der Waals surface area (Å²) in [5.41, 5.74) is -0.144. The van der Waals surface area contributed by atoms with Gasteiger partial charge in [-0.1, -0.05) is 45.8 Å². The molecule has 1 heterocycles. The highest BCUT2D eigenvalue weighted by molar-refractivity contribution is 7.15. The molecule has 9 heteroatoms. The third-order valence-electron chi connectivity index (χ3n) is 8.79. The van der Waals surface area contributed by atoms with Crippen LogP contribution in [0.1, 0.15) is 81.7 Å². The van der Waals surface area contributed by atoms with Crippen molar-refractivity contribution in [1.29, 1.82) is 0 Å². The molecule has 3 aliphatic carbocycles. The fraction of sp³-hybridized carbons (Fsp3) is 0.731. The lowest BCUT2D eigenvalue weighted by Crippen LogP contribution is -2.57. The molecule has 5 atom stereocenters. The zero-order valence-electron chi connectivity index (χ0n) is 20.8. The van der Waals surface area contributed by atoms with Crippen LogP contribution in [0.4, 0.5) is 9.93 Å². The fourth-order valence-electron chi connectivity index (χ4n) is 6.68. The predicted octanol–water partition coefficient (Wildman–Crippen LogP) is 4.13. The molecule has 0 radical (unpaired) electrons. The van der Waals surface area contributed by atoms with E-state index in [9.17, 15) is 19.8 Å². The average molecular weight is 506 g/mol. The molecule has 1 aromatic heterocycles. The maximum atomic E-state index is 13.3. The number of amides is 2. The Labute approximate surface area is 211 Å². The number of aliphatic hydroxyl groups excluding tert-OH is 2. The number of fused-ring (bicyclic) bond motifs is 2. The quantitative estimate of drug-likeness (QED) is 0.414. The first-order valence-corrected chi connectivity index (χ1v) is 13.7. The van der Waals surface area contributed by atoms with Crippen LogP contribution >= 0.6 is 11.3 Å². The summed E-state index contributed by atoms with van der Waals surface area (Å²) in [6.45, 7) is 7.67. The van der Waals surface area contributed by atoms with Crippen LogP contribution in [-0.2, 0) is 16.0 Å². The highest BCUT2D eigenvalue weighted by Gasteiger charge is 2.59. The lowest BCUT2D eigenvalue weighted by Gasteiger charge is -2.58. The van der Waals surface area contributed by atoms with Crippen LogP contribution in [0, 0.1) is 16.7 Å². The van der Waals surface area contributed by atoms with Gasteiger partial charge in [0.05, 0.1) is 18.4 Å². The predicted molar refractivity (Wildman–Crippen MR) is 135 cm³/mol.